The molecule has 7 nitrogen and oxygen atoms in total. The van der Waals surface area contributed by atoms with E-state index in [1.54, 1.807) is 17.7 Å². The highest BCUT2D eigenvalue weighted by molar-refractivity contribution is 6.30. The summed E-state index contributed by atoms with van der Waals surface area (Å²) in [5, 5.41) is 17.1. The second kappa shape index (κ2) is 8.42. The minimum absolute atomic E-state index is 0.00132. The second-order valence-corrected chi connectivity index (χ2v) is 8.40. The first-order valence-electron chi connectivity index (χ1n) is 10.4. The van der Waals surface area contributed by atoms with Crippen LogP contribution in [0.25, 0.3) is 22.5 Å². The van der Waals surface area contributed by atoms with E-state index in [-0.39, 0.29) is 39.8 Å². The van der Waals surface area contributed by atoms with Crippen molar-refractivity contribution in [2.45, 2.75) is 12.7 Å². The SMILES string of the molecule is Cn1cnnc1-c1cc(F)c(C#N)cc1-c1cc(Cl)nc(N2Cc3c(cccc3C(F)(F)F)C2=O)c1. The molecular formula is C24H13ClF4N6O. The summed E-state index contributed by atoms with van der Waals surface area (Å²) >= 11 is 6.25. The van der Waals surface area contributed by atoms with E-state index in [2.05, 4.69) is 15.2 Å². The zero-order valence-electron chi connectivity index (χ0n) is 18.3. The van der Waals surface area contributed by atoms with E-state index >= 15 is 0 Å². The first-order chi connectivity index (χ1) is 17.1. The lowest BCUT2D eigenvalue weighted by Crippen LogP contribution is -2.24. The first kappa shape index (κ1) is 23.4. The largest absolute Gasteiger partial charge is 0.416 e. The van der Waals surface area contributed by atoms with Crippen molar-refractivity contribution in [3.63, 3.8) is 0 Å². The molecule has 180 valence electrons. The molecule has 0 saturated carbocycles. The number of amides is 1. The minimum Gasteiger partial charge on any atom is -0.317 e. The second-order valence-electron chi connectivity index (χ2n) is 8.01. The van der Waals surface area contributed by atoms with E-state index in [0.29, 0.717) is 17.0 Å². The molecule has 5 rings (SSSR count). The van der Waals surface area contributed by atoms with Gasteiger partial charge in [-0.3, -0.25) is 9.69 Å². The smallest absolute Gasteiger partial charge is 0.317 e. The molecule has 2 aromatic carbocycles. The van der Waals surface area contributed by atoms with Gasteiger partial charge in [0.15, 0.2) is 5.82 Å². The fourth-order valence-electron chi connectivity index (χ4n) is 4.17. The molecule has 0 N–H and O–H groups in total. The van der Waals surface area contributed by atoms with Gasteiger partial charge in [0.1, 0.15) is 29.2 Å². The van der Waals surface area contributed by atoms with Gasteiger partial charge < -0.3 is 4.57 Å². The van der Waals surface area contributed by atoms with Gasteiger partial charge in [-0.2, -0.15) is 18.4 Å². The first-order valence-corrected chi connectivity index (χ1v) is 10.7. The summed E-state index contributed by atoms with van der Waals surface area (Å²) in [6, 6.07) is 10.5. The van der Waals surface area contributed by atoms with Gasteiger partial charge in [-0.05, 0) is 53.1 Å². The topological polar surface area (TPSA) is 87.7 Å². The van der Waals surface area contributed by atoms with Crippen LogP contribution in [-0.4, -0.2) is 25.7 Å². The van der Waals surface area contributed by atoms with Crippen LogP contribution in [-0.2, 0) is 19.8 Å². The molecule has 0 radical (unpaired) electrons. The van der Waals surface area contributed by atoms with Crippen LogP contribution in [0.1, 0.15) is 27.0 Å². The average molecular weight is 513 g/mol. The lowest BCUT2D eigenvalue weighted by Gasteiger charge is -2.18. The zero-order chi connectivity index (χ0) is 25.8. The molecule has 0 bridgehead atoms. The maximum absolute atomic E-state index is 14.5. The lowest BCUT2D eigenvalue weighted by atomic mass is 9.97. The molecule has 1 amide bonds. The Labute approximate surface area is 206 Å². The number of halogens is 5. The van der Waals surface area contributed by atoms with E-state index in [1.165, 1.54) is 36.7 Å². The van der Waals surface area contributed by atoms with Crippen molar-refractivity contribution in [3.05, 3.63) is 82.0 Å². The summed E-state index contributed by atoms with van der Waals surface area (Å²) in [5.41, 5.74) is -0.415. The standard InChI is InChI=1S/C24H13ClF4N6O/c1-34-11-31-33-22(34)16-8-19(26)13(9-30)5-15(16)12-6-20(25)32-21(7-12)35-10-17-14(23(35)36)3-2-4-18(17)24(27,28)29/h2-8,11H,10H2,1H3. The molecule has 12 heteroatoms. The molecule has 2 aromatic heterocycles. The number of alkyl halides is 3. The summed E-state index contributed by atoms with van der Waals surface area (Å²) in [6.07, 6.45) is -3.22. The highest BCUT2D eigenvalue weighted by Crippen LogP contribution is 2.40. The molecule has 0 atom stereocenters. The maximum Gasteiger partial charge on any atom is 0.416 e. The number of carbonyl (C=O) groups is 1. The third-order valence-electron chi connectivity index (χ3n) is 5.82. The molecule has 4 aromatic rings. The van der Waals surface area contributed by atoms with E-state index in [4.69, 9.17) is 11.6 Å². The van der Waals surface area contributed by atoms with Crippen LogP contribution in [0, 0.1) is 17.1 Å². The molecule has 1 aliphatic heterocycles. The lowest BCUT2D eigenvalue weighted by molar-refractivity contribution is -0.138. The minimum atomic E-state index is -4.64. The third-order valence-corrected chi connectivity index (χ3v) is 6.01. The van der Waals surface area contributed by atoms with Crippen LogP contribution in [0.3, 0.4) is 0 Å². The van der Waals surface area contributed by atoms with Crippen LogP contribution in [0.5, 0.6) is 0 Å². The average Bonchev–Trinajstić information content (AvgIpc) is 3.40. The van der Waals surface area contributed by atoms with Gasteiger partial charge in [-0.25, -0.2) is 9.37 Å². The van der Waals surface area contributed by atoms with E-state index in [9.17, 15) is 27.6 Å². The van der Waals surface area contributed by atoms with Crippen molar-refractivity contribution < 1.29 is 22.4 Å². The van der Waals surface area contributed by atoms with Crippen LogP contribution in [0.4, 0.5) is 23.4 Å². The van der Waals surface area contributed by atoms with Crippen molar-refractivity contribution in [2.75, 3.05) is 4.90 Å². The van der Waals surface area contributed by atoms with Gasteiger partial charge >= 0.3 is 6.18 Å². The molecular weight excluding hydrogens is 500 g/mol. The van der Waals surface area contributed by atoms with Crippen molar-refractivity contribution in [1.82, 2.24) is 19.7 Å². The number of anilines is 1. The molecule has 0 unspecified atom stereocenters. The Morgan fingerprint density at radius 2 is 1.89 bits per heavy atom. The molecule has 36 heavy (non-hydrogen) atoms. The molecule has 0 aliphatic carbocycles. The predicted molar refractivity (Wildman–Crippen MR) is 121 cm³/mol. The highest BCUT2D eigenvalue weighted by Gasteiger charge is 2.40. The molecule has 0 fully saturated rings. The maximum atomic E-state index is 14.5. The molecule has 3 heterocycles. The van der Waals surface area contributed by atoms with Gasteiger partial charge in [-0.1, -0.05) is 17.7 Å². The number of aromatic nitrogens is 4. The number of nitriles is 1. The van der Waals surface area contributed by atoms with Crippen molar-refractivity contribution >= 4 is 23.3 Å². The van der Waals surface area contributed by atoms with Crippen LogP contribution in [0.15, 0.2) is 48.8 Å². The van der Waals surface area contributed by atoms with Crippen molar-refractivity contribution in [2.24, 2.45) is 7.05 Å². The fourth-order valence-corrected chi connectivity index (χ4v) is 4.37. The number of benzene rings is 2. The van der Waals surface area contributed by atoms with Crippen molar-refractivity contribution in [3.8, 4) is 28.6 Å². The fraction of sp³-hybridized carbons (Fsp3) is 0.125. The van der Waals surface area contributed by atoms with Crippen LogP contribution >= 0.6 is 11.6 Å². The molecule has 0 saturated heterocycles. The summed E-state index contributed by atoms with van der Waals surface area (Å²) in [4.78, 5) is 18.3. The number of carbonyl (C=O) groups excluding carboxylic acids is 1. The number of fused-ring (bicyclic) bond motifs is 1. The van der Waals surface area contributed by atoms with Gasteiger partial charge in [0, 0.05) is 18.2 Å². The van der Waals surface area contributed by atoms with Gasteiger partial charge in [-0.15, -0.1) is 10.2 Å². The normalized spacial score (nSPS) is 13.1. The Kier molecular flexibility index (Phi) is 5.49. The quantitative estimate of drug-likeness (QED) is 0.271. The Morgan fingerprint density at radius 1 is 1.11 bits per heavy atom. The van der Waals surface area contributed by atoms with Gasteiger partial charge in [0.25, 0.3) is 5.91 Å². The Hall–Kier alpha value is -4.30. The Balaban J connectivity index is 1.65. The Bertz CT molecular complexity index is 1590. The summed E-state index contributed by atoms with van der Waals surface area (Å²) < 4.78 is 56.7. The molecule has 0 spiro atoms. The summed E-state index contributed by atoms with van der Waals surface area (Å²) in [5.74, 6) is -1.15. The van der Waals surface area contributed by atoms with E-state index in [0.717, 1.165) is 17.0 Å². The number of hydrogen-bond donors (Lipinski definition) is 0. The van der Waals surface area contributed by atoms with Gasteiger partial charge in [0.05, 0.1) is 17.7 Å². The monoisotopic (exact) mass is 512 g/mol. The summed E-state index contributed by atoms with van der Waals surface area (Å²) in [6.45, 7) is -0.361. The number of pyridine rings is 1. The summed E-state index contributed by atoms with van der Waals surface area (Å²) in [7, 11) is 1.65. The van der Waals surface area contributed by atoms with Crippen LogP contribution < -0.4 is 4.90 Å². The van der Waals surface area contributed by atoms with Crippen molar-refractivity contribution in [1.29, 1.82) is 5.26 Å². The highest BCUT2D eigenvalue weighted by atomic mass is 35.5. The number of nitrogens with zero attached hydrogens (tertiary/aromatic N) is 6. The third kappa shape index (κ3) is 3.85. The van der Waals surface area contributed by atoms with E-state index < -0.39 is 23.5 Å². The molecule has 1 aliphatic rings. The van der Waals surface area contributed by atoms with Gasteiger partial charge in [0.2, 0.25) is 0 Å². The Morgan fingerprint density at radius 3 is 2.56 bits per heavy atom. The number of aryl methyl sites for hydroxylation is 1. The zero-order valence-corrected chi connectivity index (χ0v) is 19.1. The number of hydrogen-bond acceptors (Lipinski definition) is 5. The number of rotatable bonds is 3. The van der Waals surface area contributed by atoms with E-state index in [1.807, 2.05) is 0 Å². The van der Waals surface area contributed by atoms with Crippen LogP contribution in [0.2, 0.25) is 5.15 Å². The predicted octanol–water partition coefficient (Wildman–Crippen LogP) is 5.39.